The number of hydrogen-bond donors (Lipinski definition) is 4. The second kappa shape index (κ2) is 7.29. The van der Waals surface area contributed by atoms with Gasteiger partial charge in [0.2, 0.25) is 0 Å². The van der Waals surface area contributed by atoms with Gasteiger partial charge in [-0.2, -0.15) is 0 Å². The lowest BCUT2D eigenvalue weighted by Gasteiger charge is -2.20. The van der Waals surface area contributed by atoms with Gasteiger partial charge in [-0.1, -0.05) is 5.16 Å². The van der Waals surface area contributed by atoms with Crippen LogP contribution in [0.25, 0.3) is 0 Å². The van der Waals surface area contributed by atoms with E-state index in [4.69, 9.17) is 21.2 Å². The van der Waals surface area contributed by atoms with Gasteiger partial charge in [0, 0.05) is 24.8 Å². The average molecular weight is 268 g/mol. The maximum atomic E-state index is 12.0. The molecule has 104 valence electrons. The van der Waals surface area contributed by atoms with Crippen LogP contribution < -0.4 is 5.73 Å². The Balaban J connectivity index is 2.87. The molecule has 0 saturated carbocycles. The van der Waals surface area contributed by atoms with E-state index >= 15 is 0 Å². The summed E-state index contributed by atoms with van der Waals surface area (Å²) in [4.78, 5) is 17.2. The minimum Gasteiger partial charge on any atom is -0.409 e. The Labute approximate surface area is 109 Å². The van der Waals surface area contributed by atoms with Crippen LogP contribution >= 0.6 is 0 Å². The fraction of sp³-hybridized carbons (Fsp3) is 0.364. The first-order valence-electron chi connectivity index (χ1n) is 5.59. The first kappa shape index (κ1) is 14.9. The van der Waals surface area contributed by atoms with Crippen molar-refractivity contribution < 1.29 is 20.2 Å². The second-order valence-electron chi connectivity index (χ2n) is 3.66. The number of amidine groups is 1. The predicted molar refractivity (Wildman–Crippen MR) is 66.8 cm³/mol. The lowest BCUT2D eigenvalue weighted by molar-refractivity contribution is 0.0679. The highest BCUT2D eigenvalue weighted by atomic mass is 16.4. The third-order valence-corrected chi connectivity index (χ3v) is 2.41. The van der Waals surface area contributed by atoms with E-state index in [0.717, 1.165) is 0 Å². The van der Waals surface area contributed by atoms with Crippen LogP contribution in [0.1, 0.15) is 16.1 Å². The molecule has 1 aromatic rings. The number of carbonyl (C=O) groups excluding carboxylic acids is 1. The summed E-state index contributed by atoms with van der Waals surface area (Å²) in [6.45, 7) is -0.173. The Bertz CT molecular complexity index is 441. The van der Waals surface area contributed by atoms with E-state index in [-0.39, 0.29) is 37.8 Å². The molecule has 0 spiro atoms. The number of carbonyl (C=O) groups is 1. The zero-order valence-corrected chi connectivity index (χ0v) is 10.2. The first-order valence-corrected chi connectivity index (χ1v) is 5.59. The monoisotopic (exact) mass is 268 g/mol. The number of hydrogen-bond acceptors (Lipinski definition) is 6. The molecular formula is C11H16N4O4. The molecule has 0 bridgehead atoms. The molecule has 0 aliphatic heterocycles. The van der Waals surface area contributed by atoms with Gasteiger partial charge >= 0.3 is 0 Å². The molecule has 0 aliphatic rings. The van der Waals surface area contributed by atoms with E-state index < -0.39 is 5.91 Å². The molecule has 0 radical (unpaired) electrons. The molecule has 0 aliphatic carbocycles. The van der Waals surface area contributed by atoms with E-state index in [1.165, 1.54) is 23.2 Å². The Kier molecular flexibility index (Phi) is 5.71. The Hall–Kier alpha value is -2.19. The van der Waals surface area contributed by atoms with Gasteiger partial charge in [0.15, 0.2) is 5.84 Å². The number of nitrogens with two attached hydrogens (primary N) is 1. The molecule has 8 nitrogen and oxygen atoms in total. The number of rotatable bonds is 6. The van der Waals surface area contributed by atoms with Crippen LogP contribution in [0.4, 0.5) is 0 Å². The van der Waals surface area contributed by atoms with Gasteiger partial charge in [-0.15, -0.1) is 0 Å². The van der Waals surface area contributed by atoms with Crippen molar-refractivity contribution in [3.63, 3.8) is 0 Å². The lowest BCUT2D eigenvalue weighted by atomic mass is 10.2. The molecule has 0 unspecified atom stereocenters. The van der Waals surface area contributed by atoms with Gasteiger partial charge in [-0.05, 0) is 12.1 Å². The summed E-state index contributed by atoms with van der Waals surface area (Å²) in [5.74, 6) is -0.511. The van der Waals surface area contributed by atoms with Crippen molar-refractivity contribution in [2.75, 3.05) is 26.3 Å². The Morgan fingerprint density at radius 1 is 1.32 bits per heavy atom. The summed E-state index contributed by atoms with van der Waals surface area (Å²) < 4.78 is 0. The topological polar surface area (TPSA) is 132 Å². The highest BCUT2D eigenvalue weighted by molar-refractivity contribution is 5.98. The zero-order valence-electron chi connectivity index (χ0n) is 10.2. The molecule has 1 amide bonds. The fourth-order valence-corrected chi connectivity index (χ4v) is 1.45. The van der Waals surface area contributed by atoms with Crippen LogP contribution in [-0.4, -0.2) is 63.4 Å². The molecule has 19 heavy (non-hydrogen) atoms. The van der Waals surface area contributed by atoms with Crippen LogP contribution in [0.2, 0.25) is 0 Å². The summed E-state index contributed by atoms with van der Waals surface area (Å²) in [6.07, 6.45) is 1.30. The van der Waals surface area contributed by atoms with Crippen LogP contribution in [0, 0.1) is 0 Å². The maximum absolute atomic E-state index is 12.0. The minimum absolute atomic E-state index is 0.103. The van der Waals surface area contributed by atoms with Gasteiger partial charge < -0.3 is 26.1 Å². The van der Waals surface area contributed by atoms with Crippen LogP contribution in [0.3, 0.4) is 0 Å². The number of pyridine rings is 1. The molecule has 1 heterocycles. The van der Waals surface area contributed by atoms with Crippen molar-refractivity contribution in [1.82, 2.24) is 9.88 Å². The second-order valence-corrected chi connectivity index (χ2v) is 3.66. The number of aliphatic hydroxyl groups excluding tert-OH is 2. The van der Waals surface area contributed by atoms with Crippen LogP contribution in [0.15, 0.2) is 23.5 Å². The molecule has 1 aromatic heterocycles. The van der Waals surface area contributed by atoms with E-state index in [1.54, 1.807) is 0 Å². The lowest BCUT2D eigenvalue weighted by Crippen LogP contribution is -2.36. The quantitative estimate of drug-likeness (QED) is 0.217. The van der Waals surface area contributed by atoms with Gasteiger partial charge in [0.25, 0.3) is 5.91 Å². The van der Waals surface area contributed by atoms with Gasteiger partial charge in [0.05, 0.1) is 13.2 Å². The predicted octanol–water partition coefficient (Wildman–Crippen LogP) is -1.40. The van der Waals surface area contributed by atoms with Crippen molar-refractivity contribution in [2.24, 2.45) is 10.9 Å². The maximum Gasteiger partial charge on any atom is 0.272 e. The van der Waals surface area contributed by atoms with Crippen molar-refractivity contribution in [2.45, 2.75) is 0 Å². The molecule has 0 fully saturated rings. The summed E-state index contributed by atoms with van der Waals surface area (Å²) in [6, 6.07) is 2.92. The summed E-state index contributed by atoms with van der Waals surface area (Å²) in [5.41, 5.74) is 5.91. The summed E-state index contributed by atoms with van der Waals surface area (Å²) in [7, 11) is 0. The highest BCUT2D eigenvalue weighted by Crippen LogP contribution is 2.04. The number of aliphatic hydroxyl groups is 2. The number of nitrogens with zero attached hydrogens (tertiary/aromatic N) is 3. The Morgan fingerprint density at radius 2 is 1.95 bits per heavy atom. The van der Waals surface area contributed by atoms with Gasteiger partial charge in [0.1, 0.15) is 5.69 Å². The van der Waals surface area contributed by atoms with Gasteiger partial charge in [-0.3, -0.25) is 9.78 Å². The number of oxime groups is 1. The molecule has 0 saturated heterocycles. The smallest absolute Gasteiger partial charge is 0.272 e. The number of aromatic nitrogens is 1. The van der Waals surface area contributed by atoms with Crippen molar-refractivity contribution >= 4 is 11.7 Å². The summed E-state index contributed by atoms with van der Waals surface area (Å²) >= 11 is 0. The van der Waals surface area contributed by atoms with E-state index in [2.05, 4.69) is 10.1 Å². The standard InChI is InChI=1S/C11H16N4O4/c12-10(14-19)8-1-2-9(13-7-8)11(18)15(3-5-16)4-6-17/h1-2,7,16-17,19H,3-6H2,(H2,12,14). The average Bonchev–Trinajstić information content (AvgIpc) is 2.45. The SMILES string of the molecule is NC(=NO)c1ccc(C(=O)N(CCO)CCO)nc1. The first-order chi connectivity index (χ1) is 9.13. The van der Waals surface area contributed by atoms with Gasteiger partial charge in [-0.25, -0.2) is 0 Å². The van der Waals surface area contributed by atoms with E-state index in [9.17, 15) is 4.79 Å². The van der Waals surface area contributed by atoms with E-state index in [1.807, 2.05) is 0 Å². The fourth-order valence-electron chi connectivity index (χ4n) is 1.45. The Morgan fingerprint density at radius 3 is 2.37 bits per heavy atom. The molecule has 8 heteroatoms. The van der Waals surface area contributed by atoms with Crippen molar-refractivity contribution in [3.8, 4) is 0 Å². The number of amides is 1. The highest BCUT2D eigenvalue weighted by Gasteiger charge is 2.16. The van der Waals surface area contributed by atoms with Crippen molar-refractivity contribution in [1.29, 1.82) is 0 Å². The third-order valence-electron chi connectivity index (χ3n) is 2.41. The largest absolute Gasteiger partial charge is 0.409 e. The molecule has 0 aromatic carbocycles. The normalized spacial score (nSPS) is 11.4. The summed E-state index contributed by atoms with van der Waals surface area (Å²) in [5, 5.41) is 29.0. The molecule has 0 atom stereocenters. The van der Waals surface area contributed by atoms with Crippen molar-refractivity contribution in [3.05, 3.63) is 29.6 Å². The molecular weight excluding hydrogens is 252 g/mol. The molecule has 1 rings (SSSR count). The zero-order chi connectivity index (χ0) is 14.3. The molecule has 5 N–H and O–H groups in total. The van der Waals surface area contributed by atoms with Crippen LogP contribution in [-0.2, 0) is 0 Å². The third kappa shape index (κ3) is 3.90. The van der Waals surface area contributed by atoms with E-state index in [0.29, 0.717) is 5.56 Å². The van der Waals surface area contributed by atoms with Crippen LogP contribution in [0.5, 0.6) is 0 Å². The minimum atomic E-state index is -0.408.